The number of piperidine rings is 1. The fourth-order valence-electron chi connectivity index (χ4n) is 4.85. The van der Waals surface area contributed by atoms with E-state index in [4.69, 9.17) is 9.47 Å². The third-order valence-corrected chi connectivity index (χ3v) is 7.04. The van der Waals surface area contributed by atoms with Crippen LogP contribution < -0.4 is 9.46 Å². The van der Waals surface area contributed by atoms with Crippen LogP contribution in [0.4, 0.5) is 0 Å². The van der Waals surface area contributed by atoms with Crippen molar-refractivity contribution in [1.29, 1.82) is 0 Å². The van der Waals surface area contributed by atoms with Gasteiger partial charge in [-0.1, -0.05) is 18.2 Å². The third-order valence-electron chi connectivity index (χ3n) is 6.30. The molecule has 2 aliphatic rings. The number of hydrogen-bond acceptors (Lipinski definition) is 5. The Balaban J connectivity index is 1.58. The molecule has 2 fully saturated rings. The normalized spacial score (nSPS) is 27.6. The number of nitrogens with one attached hydrogen (secondary N) is 1. The Kier molecular flexibility index (Phi) is 7.76. The summed E-state index contributed by atoms with van der Waals surface area (Å²) in [4.78, 5) is 13.9. The van der Waals surface area contributed by atoms with E-state index in [2.05, 4.69) is 16.9 Å². The number of nitrogens with zero attached hydrogens (tertiary/aromatic N) is 1. The van der Waals surface area contributed by atoms with Gasteiger partial charge in [0.1, 0.15) is 5.75 Å². The molecule has 0 aromatic heterocycles. The van der Waals surface area contributed by atoms with Gasteiger partial charge in [0.15, 0.2) is 0 Å². The highest BCUT2D eigenvalue weighted by atomic mass is 32.2. The topological polar surface area (TPSA) is 84.9 Å². The van der Waals surface area contributed by atoms with Crippen molar-refractivity contribution in [2.24, 2.45) is 0 Å². The van der Waals surface area contributed by atoms with Crippen molar-refractivity contribution in [3.8, 4) is 5.75 Å². The van der Waals surface area contributed by atoms with Crippen LogP contribution in [-0.2, 0) is 19.6 Å². The third kappa shape index (κ3) is 5.95. The van der Waals surface area contributed by atoms with Gasteiger partial charge >= 0.3 is 0 Å². The van der Waals surface area contributed by atoms with Crippen molar-refractivity contribution < 1.29 is 22.7 Å². The molecule has 1 saturated carbocycles. The fraction of sp³-hybridized carbons (Fsp3) is 0.682. The lowest BCUT2D eigenvalue weighted by Gasteiger charge is -2.41. The average Bonchev–Trinajstić information content (AvgIpc) is 2.72. The lowest BCUT2D eigenvalue weighted by Crippen LogP contribution is -2.58. The standard InChI is InChI=1S/C22H34N2O5S/c1-16(25)24-14-6-8-20(23-30(3,26)27)21(24)15-29-18-12-10-17(11-13-18)19-7-4-5-9-22(19)28-2/h4-5,7,9,17-18,20-21,23H,6,8,10-15H2,1-3H3/t17-,18+,20-,21-/m0/s1. The number of methoxy groups -OCH3 is 1. The van der Waals surface area contributed by atoms with Crippen LogP contribution in [-0.4, -0.2) is 63.9 Å². The van der Waals surface area contributed by atoms with Crippen molar-refractivity contribution >= 4 is 15.9 Å². The number of carbonyl (C=O) groups is 1. The molecule has 8 heteroatoms. The molecule has 7 nitrogen and oxygen atoms in total. The summed E-state index contributed by atoms with van der Waals surface area (Å²) in [5.74, 6) is 1.36. The highest BCUT2D eigenvalue weighted by Crippen LogP contribution is 2.38. The molecule has 30 heavy (non-hydrogen) atoms. The summed E-state index contributed by atoms with van der Waals surface area (Å²) in [6.07, 6.45) is 6.73. The summed E-state index contributed by atoms with van der Waals surface area (Å²) in [6.45, 7) is 2.54. The molecule has 1 N–H and O–H groups in total. The smallest absolute Gasteiger partial charge is 0.219 e. The zero-order valence-corrected chi connectivity index (χ0v) is 19.0. The van der Waals surface area contributed by atoms with E-state index >= 15 is 0 Å². The van der Waals surface area contributed by atoms with Gasteiger partial charge in [-0.15, -0.1) is 0 Å². The van der Waals surface area contributed by atoms with Gasteiger partial charge in [0, 0.05) is 19.5 Å². The molecule has 1 aliphatic carbocycles. The van der Waals surface area contributed by atoms with Crippen LogP contribution >= 0.6 is 0 Å². The minimum Gasteiger partial charge on any atom is -0.496 e. The zero-order valence-electron chi connectivity index (χ0n) is 18.2. The fourth-order valence-corrected chi connectivity index (χ4v) is 5.67. The maximum atomic E-state index is 12.1. The molecule has 1 aromatic rings. The molecule has 1 saturated heterocycles. The lowest BCUT2D eigenvalue weighted by atomic mass is 9.82. The summed E-state index contributed by atoms with van der Waals surface area (Å²) in [6, 6.07) is 7.61. The van der Waals surface area contributed by atoms with Gasteiger partial charge in [0.25, 0.3) is 0 Å². The minimum absolute atomic E-state index is 0.0384. The Morgan fingerprint density at radius 2 is 1.87 bits per heavy atom. The summed E-state index contributed by atoms with van der Waals surface area (Å²) in [5.41, 5.74) is 1.26. The number of likely N-dealkylation sites (tertiary alicyclic amines) is 1. The number of hydrogen-bond donors (Lipinski definition) is 1. The minimum atomic E-state index is -3.35. The predicted molar refractivity (Wildman–Crippen MR) is 116 cm³/mol. The zero-order chi connectivity index (χ0) is 21.7. The van der Waals surface area contributed by atoms with Crippen molar-refractivity contribution in [3.05, 3.63) is 29.8 Å². The molecule has 1 heterocycles. The van der Waals surface area contributed by atoms with Crippen molar-refractivity contribution in [2.75, 3.05) is 26.5 Å². The highest BCUT2D eigenvalue weighted by Gasteiger charge is 2.35. The van der Waals surface area contributed by atoms with Crippen LogP contribution in [0.1, 0.15) is 56.9 Å². The Morgan fingerprint density at radius 1 is 1.17 bits per heavy atom. The van der Waals surface area contributed by atoms with Crippen LogP contribution in [0.3, 0.4) is 0 Å². The first-order chi connectivity index (χ1) is 14.3. The first-order valence-electron chi connectivity index (χ1n) is 10.8. The van der Waals surface area contributed by atoms with Crippen LogP contribution in [0, 0.1) is 0 Å². The Bertz CT molecular complexity index is 821. The number of carbonyl (C=O) groups excluding carboxylic acids is 1. The van der Waals surface area contributed by atoms with Crippen molar-refractivity contribution in [3.63, 3.8) is 0 Å². The molecule has 2 atom stereocenters. The highest BCUT2D eigenvalue weighted by molar-refractivity contribution is 7.88. The molecule has 1 amide bonds. The van der Waals surface area contributed by atoms with Gasteiger partial charge < -0.3 is 14.4 Å². The number of ether oxygens (including phenoxy) is 2. The Morgan fingerprint density at radius 3 is 2.50 bits per heavy atom. The van der Waals surface area contributed by atoms with Crippen molar-refractivity contribution in [2.45, 2.75) is 69.6 Å². The van der Waals surface area contributed by atoms with Gasteiger partial charge in [-0.3, -0.25) is 4.79 Å². The molecular weight excluding hydrogens is 404 g/mol. The Labute approximate surface area is 180 Å². The van der Waals surface area contributed by atoms with E-state index < -0.39 is 10.0 Å². The predicted octanol–water partition coefficient (Wildman–Crippen LogP) is 2.67. The number of amides is 1. The molecule has 168 valence electrons. The van der Waals surface area contributed by atoms with E-state index in [1.807, 2.05) is 12.1 Å². The summed E-state index contributed by atoms with van der Waals surface area (Å²) >= 11 is 0. The molecule has 0 spiro atoms. The largest absolute Gasteiger partial charge is 0.496 e. The van der Waals surface area contributed by atoms with Gasteiger partial charge in [0.05, 0.1) is 32.1 Å². The summed E-state index contributed by atoms with van der Waals surface area (Å²) in [7, 11) is -1.64. The van der Waals surface area contributed by atoms with Gasteiger partial charge in [-0.2, -0.15) is 0 Å². The molecule has 0 unspecified atom stereocenters. The van der Waals surface area contributed by atoms with Crippen LogP contribution in [0.15, 0.2) is 24.3 Å². The monoisotopic (exact) mass is 438 g/mol. The second kappa shape index (κ2) is 10.1. The summed E-state index contributed by atoms with van der Waals surface area (Å²) in [5, 5.41) is 0. The van der Waals surface area contributed by atoms with Crippen LogP contribution in [0.2, 0.25) is 0 Å². The second-order valence-corrected chi connectivity index (χ2v) is 10.2. The molecule has 0 radical (unpaired) electrons. The quantitative estimate of drug-likeness (QED) is 0.707. The maximum absolute atomic E-state index is 12.1. The molecule has 3 rings (SSSR count). The van der Waals surface area contributed by atoms with Gasteiger partial charge in [0.2, 0.25) is 15.9 Å². The van der Waals surface area contributed by atoms with Gasteiger partial charge in [-0.05, 0) is 56.1 Å². The maximum Gasteiger partial charge on any atom is 0.219 e. The van der Waals surface area contributed by atoms with E-state index in [1.165, 1.54) is 12.5 Å². The van der Waals surface area contributed by atoms with E-state index in [0.717, 1.165) is 44.1 Å². The molecule has 1 aromatic carbocycles. The number of sulfonamides is 1. The van der Waals surface area contributed by atoms with E-state index in [-0.39, 0.29) is 24.1 Å². The Hall–Kier alpha value is -1.64. The van der Waals surface area contributed by atoms with E-state index in [9.17, 15) is 13.2 Å². The SMILES string of the molecule is COc1ccccc1[C@H]1CC[C@@H](OC[C@H]2[C@@H](NS(C)(=O)=O)CCCN2C(C)=O)CC1. The van der Waals surface area contributed by atoms with E-state index in [1.54, 1.807) is 12.0 Å². The first kappa shape index (κ1) is 23.0. The number of benzene rings is 1. The van der Waals surface area contributed by atoms with Crippen LogP contribution in [0.25, 0.3) is 0 Å². The number of rotatable bonds is 7. The van der Waals surface area contributed by atoms with Crippen LogP contribution in [0.5, 0.6) is 5.75 Å². The number of para-hydroxylation sites is 1. The van der Waals surface area contributed by atoms with Crippen molar-refractivity contribution in [1.82, 2.24) is 9.62 Å². The average molecular weight is 439 g/mol. The molecule has 1 aliphatic heterocycles. The van der Waals surface area contributed by atoms with E-state index in [0.29, 0.717) is 25.5 Å². The lowest BCUT2D eigenvalue weighted by molar-refractivity contribution is -0.136. The van der Waals surface area contributed by atoms with Gasteiger partial charge in [-0.25, -0.2) is 13.1 Å². The second-order valence-electron chi connectivity index (χ2n) is 8.47. The summed E-state index contributed by atoms with van der Waals surface area (Å²) < 4.78 is 38.0. The molecular formula is C22H34N2O5S. The first-order valence-corrected chi connectivity index (χ1v) is 12.7. The molecule has 0 bridgehead atoms.